The molecule has 3 aliphatic rings. The molecule has 0 bridgehead atoms. The van der Waals surface area contributed by atoms with Crippen LogP contribution in [0, 0.1) is 0 Å². The topological polar surface area (TPSA) is 49.9 Å². The van der Waals surface area contributed by atoms with Crippen LogP contribution in [-0.4, -0.2) is 74.6 Å². The summed E-state index contributed by atoms with van der Waals surface area (Å²) >= 11 is 1.79. The summed E-state index contributed by atoms with van der Waals surface area (Å²) < 4.78 is 11.3. The first-order valence-corrected chi connectivity index (χ1v) is 9.54. The van der Waals surface area contributed by atoms with Crippen molar-refractivity contribution in [3.63, 3.8) is 0 Å². The molecule has 1 aliphatic carbocycles. The molecule has 3 heterocycles. The van der Waals surface area contributed by atoms with E-state index in [0.29, 0.717) is 6.10 Å². The van der Waals surface area contributed by atoms with Crippen molar-refractivity contribution in [2.75, 3.05) is 57.4 Å². The van der Waals surface area contributed by atoms with Crippen molar-refractivity contribution < 1.29 is 9.47 Å². The summed E-state index contributed by atoms with van der Waals surface area (Å²) in [7, 11) is 0. The zero-order chi connectivity index (χ0) is 15.5. The van der Waals surface area contributed by atoms with Gasteiger partial charge in [0.05, 0.1) is 25.9 Å². The highest BCUT2D eigenvalue weighted by molar-refractivity contribution is 7.15. The molecular formula is C16H26N4O2S. The minimum Gasteiger partial charge on any atom is -0.378 e. The lowest BCUT2D eigenvalue weighted by Gasteiger charge is -2.33. The number of hydrogen-bond donors (Lipinski definition) is 1. The average Bonchev–Trinajstić information content (AvgIpc) is 3.35. The second-order valence-corrected chi connectivity index (χ2v) is 7.65. The van der Waals surface area contributed by atoms with Gasteiger partial charge in [0.25, 0.3) is 0 Å². The molecule has 4 rings (SSSR count). The lowest BCUT2D eigenvalue weighted by atomic mass is 10.2. The Hall–Kier alpha value is -0.730. The SMILES string of the molecule is c1nc(N2CCOCC2)sc1CNCC1CN(C2CC2)CCO1. The fourth-order valence-electron chi connectivity index (χ4n) is 3.27. The van der Waals surface area contributed by atoms with E-state index in [2.05, 4.69) is 20.1 Å². The number of rotatable bonds is 6. The number of thiazole rings is 1. The molecular weight excluding hydrogens is 312 g/mol. The molecule has 0 radical (unpaired) electrons. The standard InChI is InChI=1S/C16H26N4O2S/c1-2-13(1)20-5-8-22-14(12-20)9-17-10-15-11-18-16(23-15)19-3-6-21-7-4-19/h11,13-14,17H,1-10,12H2. The van der Waals surface area contributed by atoms with Gasteiger partial charge in [-0.2, -0.15) is 0 Å². The summed E-state index contributed by atoms with van der Waals surface area (Å²) in [5.41, 5.74) is 0. The Kier molecular flexibility index (Phi) is 5.10. The third kappa shape index (κ3) is 4.22. The average molecular weight is 338 g/mol. The predicted molar refractivity (Wildman–Crippen MR) is 91.2 cm³/mol. The molecule has 1 aromatic heterocycles. The molecule has 1 atom stereocenters. The molecule has 1 aromatic rings. The Balaban J connectivity index is 1.21. The van der Waals surface area contributed by atoms with Gasteiger partial charge in [-0.15, -0.1) is 11.3 Å². The van der Waals surface area contributed by atoms with Gasteiger partial charge >= 0.3 is 0 Å². The predicted octanol–water partition coefficient (Wildman–Crippen LogP) is 0.933. The zero-order valence-electron chi connectivity index (χ0n) is 13.6. The van der Waals surface area contributed by atoms with Crippen molar-refractivity contribution >= 4 is 16.5 Å². The Bertz CT molecular complexity index is 502. The molecule has 6 nitrogen and oxygen atoms in total. The normalized spacial score (nSPS) is 26.6. The molecule has 1 N–H and O–H groups in total. The van der Waals surface area contributed by atoms with E-state index in [0.717, 1.165) is 70.3 Å². The van der Waals surface area contributed by atoms with Crippen LogP contribution in [0.15, 0.2) is 6.20 Å². The second kappa shape index (κ2) is 7.44. The first-order valence-electron chi connectivity index (χ1n) is 8.72. The third-order valence-electron chi connectivity index (χ3n) is 4.73. The van der Waals surface area contributed by atoms with E-state index in [4.69, 9.17) is 9.47 Å². The summed E-state index contributed by atoms with van der Waals surface area (Å²) in [6.45, 7) is 8.40. The van der Waals surface area contributed by atoms with E-state index in [1.165, 1.54) is 17.7 Å². The van der Waals surface area contributed by atoms with Crippen molar-refractivity contribution in [1.82, 2.24) is 15.2 Å². The van der Waals surface area contributed by atoms with Crippen molar-refractivity contribution in [2.45, 2.75) is 31.5 Å². The molecule has 1 saturated carbocycles. The number of ether oxygens (including phenoxy) is 2. The largest absolute Gasteiger partial charge is 0.378 e. The van der Waals surface area contributed by atoms with E-state index < -0.39 is 0 Å². The van der Waals surface area contributed by atoms with Crippen LogP contribution in [0.2, 0.25) is 0 Å². The van der Waals surface area contributed by atoms with Gasteiger partial charge in [-0.1, -0.05) is 0 Å². The highest BCUT2D eigenvalue weighted by atomic mass is 32.1. The van der Waals surface area contributed by atoms with Gasteiger partial charge in [0, 0.05) is 56.4 Å². The highest BCUT2D eigenvalue weighted by Gasteiger charge is 2.32. The number of nitrogens with zero attached hydrogens (tertiary/aromatic N) is 3. The van der Waals surface area contributed by atoms with Crippen LogP contribution in [0.1, 0.15) is 17.7 Å². The molecule has 23 heavy (non-hydrogen) atoms. The van der Waals surface area contributed by atoms with E-state index in [1.54, 1.807) is 11.3 Å². The maximum atomic E-state index is 5.89. The van der Waals surface area contributed by atoms with Gasteiger partial charge in [0.15, 0.2) is 5.13 Å². The minimum atomic E-state index is 0.330. The second-order valence-electron chi connectivity index (χ2n) is 6.56. The molecule has 3 fully saturated rings. The molecule has 0 aromatic carbocycles. The molecule has 0 spiro atoms. The van der Waals surface area contributed by atoms with Gasteiger partial charge in [-0.25, -0.2) is 4.98 Å². The van der Waals surface area contributed by atoms with Crippen LogP contribution in [0.3, 0.4) is 0 Å². The number of morpholine rings is 2. The maximum absolute atomic E-state index is 5.89. The summed E-state index contributed by atoms with van der Waals surface area (Å²) in [5.74, 6) is 0. The Morgan fingerprint density at radius 3 is 2.91 bits per heavy atom. The first-order chi connectivity index (χ1) is 11.4. The van der Waals surface area contributed by atoms with Crippen LogP contribution < -0.4 is 10.2 Å². The first kappa shape index (κ1) is 15.8. The van der Waals surface area contributed by atoms with Crippen LogP contribution in [0.4, 0.5) is 5.13 Å². The molecule has 128 valence electrons. The Morgan fingerprint density at radius 1 is 1.22 bits per heavy atom. The Labute approximate surface area is 141 Å². The molecule has 7 heteroatoms. The fourth-order valence-corrected chi connectivity index (χ4v) is 4.20. The van der Waals surface area contributed by atoms with Crippen molar-refractivity contribution in [2.24, 2.45) is 0 Å². The Morgan fingerprint density at radius 2 is 2.09 bits per heavy atom. The van der Waals surface area contributed by atoms with E-state index in [1.807, 2.05) is 6.20 Å². The minimum absolute atomic E-state index is 0.330. The lowest BCUT2D eigenvalue weighted by Crippen LogP contribution is -2.47. The number of hydrogen-bond acceptors (Lipinski definition) is 7. The van der Waals surface area contributed by atoms with E-state index in [-0.39, 0.29) is 0 Å². The van der Waals surface area contributed by atoms with Gasteiger partial charge < -0.3 is 19.7 Å². The van der Waals surface area contributed by atoms with Gasteiger partial charge in [0.1, 0.15) is 0 Å². The van der Waals surface area contributed by atoms with Crippen LogP contribution in [0.5, 0.6) is 0 Å². The van der Waals surface area contributed by atoms with Crippen LogP contribution >= 0.6 is 11.3 Å². The summed E-state index contributed by atoms with van der Waals surface area (Å²) in [6.07, 6.45) is 5.09. The smallest absolute Gasteiger partial charge is 0.185 e. The van der Waals surface area contributed by atoms with E-state index >= 15 is 0 Å². The van der Waals surface area contributed by atoms with Crippen LogP contribution in [0.25, 0.3) is 0 Å². The van der Waals surface area contributed by atoms with Gasteiger partial charge in [0.2, 0.25) is 0 Å². The van der Waals surface area contributed by atoms with Crippen molar-refractivity contribution in [3.8, 4) is 0 Å². The van der Waals surface area contributed by atoms with Crippen LogP contribution in [-0.2, 0) is 16.0 Å². The van der Waals surface area contributed by atoms with Gasteiger partial charge in [-0.05, 0) is 12.8 Å². The number of anilines is 1. The van der Waals surface area contributed by atoms with Gasteiger partial charge in [-0.3, -0.25) is 4.90 Å². The van der Waals surface area contributed by atoms with Crippen molar-refractivity contribution in [3.05, 3.63) is 11.1 Å². The quantitative estimate of drug-likeness (QED) is 0.833. The number of aromatic nitrogens is 1. The molecule has 2 aliphatic heterocycles. The highest BCUT2D eigenvalue weighted by Crippen LogP contribution is 2.28. The third-order valence-corrected chi connectivity index (χ3v) is 5.79. The molecule has 0 amide bonds. The number of nitrogens with one attached hydrogen (secondary N) is 1. The monoisotopic (exact) mass is 338 g/mol. The van der Waals surface area contributed by atoms with E-state index in [9.17, 15) is 0 Å². The summed E-state index contributed by atoms with van der Waals surface area (Å²) in [5, 5.41) is 4.67. The zero-order valence-corrected chi connectivity index (χ0v) is 14.4. The maximum Gasteiger partial charge on any atom is 0.185 e. The fraction of sp³-hybridized carbons (Fsp3) is 0.812. The van der Waals surface area contributed by atoms with Crippen molar-refractivity contribution in [1.29, 1.82) is 0 Å². The summed E-state index contributed by atoms with van der Waals surface area (Å²) in [6, 6.07) is 0.846. The summed E-state index contributed by atoms with van der Waals surface area (Å²) in [4.78, 5) is 10.8. The molecule has 1 unspecified atom stereocenters. The molecule has 2 saturated heterocycles. The lowest BCUT2D eigenvalue weighted by molar-refractivity contribution is -0.0301.